The second-order valence-electron chi connectivity index (χ2n) is 16.2. The molecular formula is C41H70N6O7. The highest BCUT2D eigenvalue weighted by Crippen LogP contribution is 2.30. The van der Waals surface area contributed by atoms with Gasteiger partial charge in [0.2, 0.25) is 17.7 Å². The predicted molar refractivity (Wildman–Crippen MR) is 211 cm³/mol. The van der Waals surface area contributed by atoms with Crippen LogP contribution in [0.4, 0.5) is 4.79 Å². The molecular weight excluding hydrogens is 688 g/mol. The Morgan fingerprint density at radius 2 is 1.61 bits per heavy atom. The Kier molecular flexibility index (Phi) is 17.7. The highest BCUT2D eigenvalue weighted by Gasteiger charge is 2.43. The number of nitrogens with zero attached hydrogens (tertiary/aromatic N) is 4. The van der Waals surface area contributed by atoms with E-state index in [0.29, 0.717) is 19.4 Å². The summed E-state index contributed by atoms with van der Waals surface area (Å²) in [4.78, 5) is 63.2. The van der Waals surface area contributed by atoms with Crippen LogP contribution < -0.4 is 10.6 Å². The third-order valence-corrected chi connectivity index (χ3v) is 11.7. The molecule has 2 fully saturated rings. The molecule has 0 unspecified atom stereocenters. The van der Waals surface area contributed by atoms with Crippen molar-refractivity contribution in [3.63, 3.8) is 0 Å². The van der Waals surface area contributed by atoms with Crippen molar-refractivity contribution in [2.45, 2.75) is 129 Å². The Bertz CT molecular complexity index is 1340. The number of carbonyl (C=O) groups is 4. The zero-order valence-electron chi connectivity index (χ0n) is 34.8. The number of carbonyl (C=O) groups excluding carboxylic acids is 4. The SMILES string of the molecule is CC[C@H](C)[C@@H]([C@@H](CC(=O)N1CCC[C@H]1[C@H](OC)[C@@H](C)C(=O)N[C@H](CO)Cc1ccccc1)OC)N(C)C(=O)[C@@H](NC(=O)N1[C@H](C)CN(C)C[C@@H]1C)C(C)C. The number of likely N-dealkylation sites (N-methyl/N-ethyl adjacent to an activating group) is 2. The summed E-state index contributed by atoms with van der Waals surface area (Å²) in [5.41, 5.74) is 1.01. The van der Waals surface area contributed by atoms with Crippen LogP contribution in [0.5, 0.6) is 0 Å². The van der Waals surface area contributed by atoms with Crippen LogP contribution in [0, 0.1) is 17.8 Å². The summed E-state index contributed by atoms with van der Waals surface area (Å²) in [6.45, 7) is 15.6. The molecule has 2 saturated heterocycles. The molecule has 13 heteroatoms. The second-order valence-corrected chi connectivity index (χ2v) is 16.2. The monoisotopic (exact) mass is 759 g/mol. The van der Waals surface area contributed by atoms with E-state index in [9.17, 15) is 24.3 Å². The minimum absolute atomic E-state index is 0.00211. The van der Waals surface area contributed by atoms with Crippen LogP contribution in [0.2, 0.25) is 0 Å². The maximum atomic E-state index is 14.3. The first kappa shape index (κ1) is 45.1. The van der Waals surface area contributed by atoms with Gasteiger partial charge in [-0.25, -0.2) is 4.79 Å². The smallest absolute Gasteiger partial charge is 0.318 e. The Morgan fingerprint density at radius 1 is 0.981 bits per heavy atom. The van der Waals surface area contributed by atoms with Crippen LogP contribution >= 0.6 is 0 Å². The van der Waals surface area contributed by atoms with Gasteiger partial charge in [-0.05, 0) is 57.6 Å². The molecule has 3 N–H and O–H groups in total. The summed E-state index contributed by atoms with van der Waals surface area (Å²) in [6.07, 6.45) is 1.54. The zero-order chi connectivity index (χ0) is 40.3. The van der Waals surface area contributed by atoms with E-state index in [1.807, 2.05) is 74.9 Å². The van der Waals surface area contributed by atoms with Crippen molar-refractivity contribution in [1.29, 1.82) is 0 Å². The number of likely N-dealkylation sites (tertiary alicyclic amines) is 1. The van der Waals surface area contributed by atoms with E-state index in [2.05, 4.69) is 29.4 Å². The van der Waals surface area contributed by atoms with Gasteiger partial charge in [0.1, 0.15) is 6.04 Å². The third kappa shape index (κ3) is 11.4. The highest BCUT2D eigenvalue weighted by molar-refractivity contribution is 5.88. The molecule has 5 amide bonds. The number of rotatable bonds is 18. The van der Waals surface area contributed by atoms with Gasteiger partial charge in [-0.2, -0.15) is 0 Å². The number of hydrogen-bond donors (Lipinski definition) is 3. The fraction of sp³-hybridized carbons (Fsp3) is 0.756. The molecule has 0 aliphatic carbocycles. The highest BCUT2D eigenvalue weighted by atomic mass is 16.5. The molecule has 2 aliphatic rings. The molecule has 1 aromatic rings. The molecule has 0 spiro atoms. The Balaban J connectivity index is 1.75. The van der Waals surface area contributed by atoms with Gasteiger partial charge in [0.25, 0.3) is 0 Å². The average molecular weight is 759 g/mol. The summed E-state index contributed by atoms with van der Waals surface area (Å²) < 4.78 is 12.0. The van der Waals surface area contributed by atoms with Crippen molar-refractivity contribution in [3.05, 3.63) is 35.9 Å². The molecule has 0 saturated carbocycles. The number of methoxy groups -OCH3 is 2. The van der Waals surface area contributed by atoms with Crippen molar-refractivity contribution in [3.8, 4) is 0 Å². The summed E-state index contributed by atoms with van der Waals surface area (Å²) in [7, 11) is 6.93. The minimum atomic E-state index is -0.766. The molecule has 54 heavy (non-hydrogen) atoms. The molecule has 3 rings (SSSR count). The predicted octanol–water partition coefficient (Wildman–Crippen LogP) is 3.39. The number of piperazine rings is 1. The fourth-order valence-corrected chi connectivity index (χ4v) is 8.63. The lowest BCUT2D eigenvalue weighted by atomic mass is 9.89. The van der Waals surface area contributed by atoms with Crippen LogP contribution in [-0.4, -0.2) is 151 Å². The molecule has 306 valence electrons. The van der Waals surface area contributed by atoms with E-state index in [-0.39, 0.29) is 66.7 Å². The number of urea groups is 1. The molecule has 10 atom stereocenters. The average Bonchev–Trinajstić information content (AvgIpc) is 3.62. The lowest BCUT2D eigenvalue weighted by Crippen LogP contribution is -2.63. The van der Waals surface area contributed by atoms with E-state index < -0.39 is 36.3 Å². The number of nitrogens with one attached hydrogen (secondary N) is 2. The first-order chi connectivity index (χ1) is 25.6. The number of aliphatic hydroxyl groups excluding tert-OH is 1. The van der Waals surface area contributed by atoms with Crippen molar-refractivity contribution < 1.29 is 33.8 Å². The molecule has 0 bridgehead atoms. The Labute approximate surface area is 324 Å². The van der Waals surface area contributed by atoms with Gasteiger partial charge in [-0.1, -0.05) is 71.4 Å². The molecule has 0 radical (unpaired) electrons. The van der Waals surface area contributed by atoms with Gasteiger partial charge >= 0.3 is 6.03 Å². The normalized spacial score (nSPS) is 23.2. The first-order valence-corrected chi connectivity index (χ1v) is 19.9. The van der Waals surface area contributed by atoms with Gasteiger partial charge in [-0.15, -0.1) is 0 Å². The molecule has 2 heterocycles. The Hall–Kier alpha value is -3.26. The lowest BCUT2D eigenvalue weighted by Gasteiger charge is -2.44. The van der Waals surface area contributed by atoms with E-state index in [4.69, 9.17) is 9.47 Å². The van der Waals surface area contributed by atoms with Crippen LogP contribution in [0.25, 0.3) is 0 Å². The van der Waals surface area contributed by atoms with Gasteiger partial charge in [0, 0.05) is 53.0 Å². The summed E-state index contributed by atoms with van der Waals surface area (Å²) in [6, 6.07) is 7.45. The van der Waals surface area contributed by atoms with Gasteiger partial charge < -0.3 is 44.8 Å². The topological polar surface area (TPSA) is 144 Å². The van der Waals surface area contributed by atoms with Gasteiger partial charge in [0.15, 0.2) is 0 Å². The van der Waals surface area contributed by atoms with Crippen molar-refractivity contribution in [2.75, 3.05) is 54.6 Å². The first-order valence-electron chi connectivity index (χ1n) is 19.9. The maximum absolute atomic E-state index is 14.3. The third-order valence-electron chi connectivity index (χ3n) is 11.7. The van der Waals surface area contributed by atoms with Crippen LogP contribution in [0.15, 0.2) is 30.3 Å². The summed E-state index contributed by atoms with van der Waals surface area (Å²) >= 11 is 0. The van der Waals surface area contributed by atoms with Gasteiger partial charge in [-0.3, -0.25) is 14.4 Å². The number of hydrogen-bond acceptors (Lipinski definition) is 8. The lowest BCUT2D eigenvalue weighted by molar-refractivity contribution is -0.147. The van der Waals surface area contributed by atoms with Crippen LogP contribution in [-0.2, 0) is 30.3 Å². The molecule has 13 nitrogen and oxygen atoms in total. The quantitative estimate of drug-likeness (QED) is 0.207. The number of ether oxygens (including phenoxy) is 2. The molecule has 0 aromatic heterocycles. The Morgan fingerprint density at radius 3 is 2.15 bits per heavy atom. The van der Waals surface area contributed by atoms with Gasteiger partial charge in [0.05, 0.1) is 49.3 Å². The second kappa shape index (κ2) is 21.2. The van der Waals surface area contributed by atoms with E-state index in [1.54, 1.807) is 33.1 Å². The molecule has 1 aromatic carbocycles. The minimum Gasteiger partial charge on any atom is -0.394 e. The van der Waals surface area contributed by atoms with Crippen LogP contribution in [0.1, 0.15) is 79.7 Å². The fourth-order valence-electron chi connectivity index (χ4n) is 8.63. The van der Waals surface area contributed by atoms with Crippen molar-refractivity contribution >= 4 is 23.8 Å². The van der Waals surface area contributed by atoms with E-state index in [1.165, 1.54) is 0 Å². The van der Waals surface area contributed by atoms with Crippen LogP contribution in [0.3, 0.4) is 0 Å². The van der Waals surface area contributed by atoms with Crippen molar-refractivity contribution in [2.24, 2.45) is 17.8 Å². The van der Waals surface area contributed by atoms with E-state index >= 15 is 0 Å². The largest absolute Gasteiger partial charge is 0.394 e. The summed E-state index contributed by atoms with van der Waals surface area (Å²) in [5, 5.41) is 16.1. The number of aliphatic hydroxyl groups is 1. The zero-order valence-corrected chi connectivity index (χ0v) is 34.8. The maximum Gasteiger partial charge on any atom is 0.318 e. The molecule has 2 aliphatic heterocycles. The van der Waals surface area contributed by atoms with Crippen molar-refractivity contribution in [1.82, 2.24) is 30.2 Å². The van der Waals surface area contributed by atoms with E-state index in [0.717, 1.165) is 31.5 Å². The standard InChI is InChI=1S/C41H70N6O7/c1-12-27(4)37(45(9)40(51)36(26(2)3)43-41(52)47-28(5)23-44(8)24-29(47)6)34(53-10)22-35(49)46-20-16-19-33(46)38(54-11)30(7)39(50)42-32(25-48)21-31-17-14-13-15-18-31/h13-15,17-18,26-30,32-34,36-38,48H,12,16,19-25H2,1-11H3,(H,42,50)(H,43,52)/t27-,28-,29+,30+,32-,33-,34+,36-,37-,38+/m0/s1. The number of amides is 5. The number of benzene rings is 1. The summed E-state index contributed by atoms with van der Waals surface area (Å²) in [5.74, 6) is -1.38.